The monoisotopic (exact) mass is 536 g/mol. The molecule has 0 unspecified atom stereocenters. The predicted octanol–water partition coefficient (Wildman–Crippen LogP) is 5.18. The number of aryl methyl sites for hydroxylation is 2. The van der Waals surface area contributed by atoms with Crippen LogP contribution in [0.4, 0.5) is 20.3 Å². The second kappa shape index (κ2) is 11.3. The van der Waals surface area contributed by atoms with E-state index in [1.165, 1.54) is 12.1 Å². The maximum Gasteiger partial charge on any atom is 0.240 e. The van der Waals surface area contributed by atoms with Gasteiger partial charge in [-0.25, -0.2) is 18.7 Å². The Morgan fingerprint density at radius 1 is 0.972 bits per heavy atom. The van der Waals surface area contributed by atoms with Gasteiger partial charge in [0.05, 0.1) is 35.9 Å². The predicted molar refractivity (Wildman–Crippen MR) is 140 cm³/mol. The molecule has 36 heavy (non-hydrogen) atoms. The SMILES string of the molecule is COc1nc(Nc2cccc3c2nc(-c2cccc(F)c2F)n3C)ccc1-n1cnc(C)c1.Cl.Cl.O. The van der Waals surface area contributed by atoms with Gasteiger partial charge in [-0.05, 0) is 43.3 Å². The van der Waals surface area contributed by atoms with Crippen LogP contribution in [-0.4, -0.2) is 36.7 Å². The van der Waals surface area contributed by atoms with Gasteiger partial charge in [0.1, 0.15) is 22.8 Å². The lowest BCUT2D eigenvalue weighted by molar-refractivity contribution is 0.396. The van der Waals surface area contributed by atoms with E-state index in [0.29, 0.717) is 28.7 Å². The number of ether oxygens (including phenoxy) is 1. The van der Waals surface area contributed by atoms with Gasteiger partial charge in [0, 0.05) is 13.2 Å². The molecule has 0 saturated heterocycles. The van der Waals surface area contributed by atoms with Crippen molar-refractivity contribution in [3.05, 3.63) is 78.4 Å². The van der Waals surface area contributed by atoms with Crippen LogP contribution in [0.3, 0.4) is 0 Å². The zero-order valence-electron chi connectivity index (χ0n) is 19.5. The highest BCUT2D eigenvalue weighted by Gasteiger charge is 2.18. The number of methoxy groups -OCH3 is 1. The standard InChI is InChI=1S/C24H20F2N6O.2ClH.H2O/c1-14-12-32(13-27-14)19-10-11-20(29-24(19)33-3)28-17-8-5-9-18-22(17)30-23(31(18)2)15-6-4-7-16(25)21(15)26;;;/h4-13H,1-3H3,(H,28,29);2*1H;1H2. The van der Waals surface area contributed by atoms with Crippen molar-refractivity contribution in [1.82, 2.24) is 24.1 Å². The third-order valence-corrected chi connectivity index (χ3v) is 5.39. The van der Waals surface area contributed by atoms with Crippen LogP contribution in [-0.2, 0) is 7.05 Å². The Bertz CT molecular complexity index is 1510. The normalized spacial score (nSPS) is 10.2. The van der Waals surface area contributed by atoms with Crippen molar-refractivity contribution in [3.63, 3.8) is 0 Å². The highest BCUT2D eigenvalue weighted by molar-refractivity contribution is 5.92. The fourth-order valence-electron chi connectivity index (χ4n) is 3.77. The summed E-state index contributed by atoms with van der Waals surface area (Å²) >= 11 is 0. The third kappa shape index (κ3) is 4.97. The van der Waals surface area contributed by atoms with Crippen LogP contribution in [0.15, 0.2) is 61.1 Å². The van der Waals surface area contributed by atoms with Crippen molar-refractivity contribution in [2.24, 2.45) is 7.05 Å². The van der Waals surface area contributed by atoms with Crippen LogP contribution in [0.25, 0.3) is 28.1 Å². The third-order valence-electron chi connectivity index (χ3n) is 5.39. The van der Waals surface area contributed by atoms with Gasteiger partial charge in [-0.3, -0.25) is 0 Å². The minimum Gasteiger partial charge on any atom is -0.479 e. The molecule has 0 saturated carbocycles. The minimum absolute atomic E-state index is 0. The summed E-state index contributed by atoms with van der Waals surface area (Å²) in [5.74, 6) is -0.547. The Morgan fingerprint density at radius 3 is 2.42 bits per heavy atom. The molecule has 3 aromatic heterocycles. The summed E-state index contributed by atoms with van der Waals surface area (Å²) in [6.45, 7) is 1.91. The van der Waals surface area contributed by atoms with Crippen molar-refractivity contribution >= 4 is 47.4 Å². The molecule has 0 aliphatic rings. The molecule has 0 radical (unpaired) electrons. The molecule has 5 rings (SSSR count). The summed E-state index contributed by atoms with van der Waals surface area (Å²) < 4.78 is 37.3. The summed E-state index contributed by atoms with van der Waals surface area (Å²) in [6, 6.07) is 13.3. The summed E-state index contributed by atoms with van der Waals surface area (Å²) in [4.78, 5) is 13.4. The number of pyridine rings is 1. The molecule has 8 nitrogen and oxygen atoms in total. The number of nitrogens with one attached hydrogen (secondary N) is 1. The van der Waals surface area contributed by atoms with E-state index in [9.17, 15) is 8.78 Å². The van der Waals surface area contributed by atoms with Gasteiger partial charge in [0.25, 0.3) is 0 Å². The summed E-state index contributed by atoms with van der Waals surface area (Å²) in [5.41, 5.74) is 3.77. The summed E-state index contributed by atoms with van der Waals surface area (Å²) in [5, 5.41) is 3.26. The number of benzene rings is 2. The Balaban J connectivity index is 0.00000152. The van der Waals surface area contributed by atoms with Gasteiger partial charge in [0.2, 0.25) is 5.88 Å². The molecular weight excluding hydrogens is 513 g/mol. The topological polar surface area (TPSA) is 101 Å². The summed E-state index contributed by atoms with van der Waals surface area (Å²) in [6.07, 6.45) is 3.58. The molecular formula is C24H24Cl2F2N6O2. The number of hydrogen-bond donors (Lipinski definition) is 1. The van der Waals surface area contributed by atoms with Crippen molar-refractivity contribution in [3.8, 4) is 23.0 Å². The number of hydrogen-bond acceptors (Lipinski definition) is 5. The molecule has 0 fully saturated rings. The lowest BCUT2D eigenvalue weighted by Gasteiger charge is -2.11. The van der Waals surface area contributed by atoms with Gasteiger partial charge in [-0.15, -0.1) is 24.8 Å². The van der Waals surface area contributed by atoms with Crippen molar-refractivity contribution in [2.75, 3.05) is 12.4 Å². The molecule has 0 atom stereocenters. The number of para-hydroxylation sites is 1. The minimum atomic E-state index is -0.929. The molecule has 3 heterocycles. The first kappa shape index (κ1) is 28.5. The van der Waals surface area contributed by atoms with E-state index in [1.54, 1.807) is 25.1 Å². The highest BCUT2D eigenvalue weighted by Crippen LogP contribution is 2.32. The van der Waals surface area contributed by atoms with Gasteiger partial charge in [-0.2, -0.15) is 4.98 Å². The van der Waals surface area contributed by atoms with Gasteiger partial charge in [-0.1, -0.05) is 12.1 Å². The van der Waals surface area contributed by atoms with E-state index in [-0.39, 0.29) is 35.9 Å². The van der Waals surface area contributed by atoms with Crippen LogP contribution in [0.2, 0.25) is 0 Å². The van der Waals surface area contributed by atoms with E-state index in [4.69, 9.17) is 4.74 Å². The maximum atomic E-state index is 14.4. The lowest BCUT2D eigenvalue weighted by atomic mass is 10.2. The fourth-order valence-corrected chi connectivity index (χ4v) is 3.77. The average molecular weight is 537 g/mol. The summed E-state index contributed by atoms with van der Waals surface area (Å²) in [7, 11) is 3.32. The van der Waals surface area contributed by atoms with Crippen LogP contribution in [0.1, 0.15) is 5.69 Å². The Hall–Kier alpha value is -3.73. The van der Waals surface area contributed by atoms with Crippen LogP contribution in [0.5, 0.6) is 5.88 Å². The van der Waals surface area contributed by atoms with E-state index < -0.39 is 11.6 Å². The van der Waals surface area contributed by atoms with Gasteiger partial charge < -0.3 is 24.7 Å². The second-order valence-electron chi connectivity index (χ2n) is 7.54. The Kier molecular flexibility index (Phi) is 8.98. The quantitative estimate of drug-likeness (QED) is 0.333. The molecule has 0 aliphatic heterocycles. The number of aromatic nitrogens is 5. The fraction of sp³-hybridized carbons (Fsp3) is 0.125. The number of nitrogens with zero attached hydrogens (tertiary/aromatic N) is 5. The number of anilines is 2. The first-order valence-electron chi connectivity index (χ1n) is 10.2. The van der Waals surface area contributed by atoms with E-state index in [2.05, 4.69) is 20.3 Å². The molecule has 2 aromatic carbocycles. The van der Waals surface area contributed by atoms with Gasteiger partial charge in [0.15, 0.2) is 11.6 Å². The Morgan fingerprint density at radius 2 is 1.72 bits per heavy atom. The number of fused-ring (bicyclic) bond motifs is 1. The zero-order chi connectivity index (χ0) is 23.1. The highest BCUT2D eigenvalue weighted by atomic mass is 35.5. The smallest absolute Gasteiger partial charge is 0.240 e. The van der Waals surface area contributed by atoms with Crippen LogP contribution >= 0.6 is 24.8 Å². The number of rotatable bonds is 5. The lowest BCUT2D eigenvalue weighted by Crippen LogP contribution is -2.01. The molecule has 5 aromatic rings. The molecule has 3 N–H and O–H groups in total. The molecule has 190 valence electrons. The first-order chi connectivity index (χ1) is 16.0. The molecule has 0 bridgehead atoms. The largest absolute Gasteiger partial charge is 0.479 e. The van der Waals surface area contributed by atoms with Crippen LogP contribution in [0, 0.1) is 18.6 Å². The van der Waals surface area contributed by atoms with E-state index in [1.807, 2.05) is 48.0 Å². The van der Waals surface area contributed by atoms with Crippen LogP contribution < -0.4 is 10.1 Å². The number of imidazole rings is 2. The average Bonchev–Trinajstić information content (AvgIpc) is 3.39. The zero-order valence-corrected chi connectivity index (χ0v) is 21.1. The van der Waals surface area contributed by atoms with Crippen molar-refractivity contribution < 1.29 is 19.0 Å². The van der Waals surface area contributed by atoms with Crippen molar-refractivity contribution in [2.45, 2.75) is 6.92 Å². The molecule has 0 aliphatic carbocycles. The molecule has 0 spiro atoms. The van der Waals surface area contributed by atoms with E-state index >= 15 is 0 Å². The molecule has 12 heteroatoms. The molecule has 0 amide bonds. The van der Waals surface area contributed by atoms with E-state index in [0.717, 1.165) is 23.0 Å². The first-order valence-corrected chi connectivity index (χ1v) is 10.2. The second-order valence-corrected chi connectivity index (χ2v) is 7.54. The Labute approximate surface area is 218 Å². The van der Waals surface area contributed by atoms with Crippen molar-refractivity contribution in [1.29, 1.82) is 0 Å². The number of halogens is 4. The maximum absolute atomic E-state index is 14.4. The van der Waals surface area contributed by atoms with Gasteiger partial charge >= 0.3 is 0 Å².